The molecular formula is C13H17NO5S2. The number of carboxylic acids is 1. The molecule has 1 N–H and O–H groups in total. The quantitative estimate of drug-likeness (QED) is 0.905. The second kappa shape index (κ2) is 5.76. The highest BCUT2D eigenvalue weighted by molar-refractivity contribution is 7.90. The maximum absolute atomic E-state index is 12.4. The Labute approximate surface area is 127 Å². The summed E-state index contributed by atoms with van der Waals surface area (Å²) >= 11 is 1.03. The third kappa shape index (κ3) is 3.44. The van der Waals surface area contributed by atoms with Crippen LogP contribution >= 0.6 is 11.3 Å². The zero-order chi connectivity index (χ0) is 15.8. The Morgan fingerprint density at radius 3 is 2.62 bits per heavy atom. The number of aliphatic carboxylic acids is 1. The Balaban J connectivity index is 2.26. The summed E-state index contributed by atoms with van der Waals surface area (Å²) in [7, 11) is -3.36. The van der Waals surface area contributed by atoms with Crippen LogP contribution in [0.5, 0.6) is 0 Å². The molecule has 0 saturated carbocycles. The summed E-state index contributed by atoms with van der Waals surface area (Å²) in [5.74, 6) is -1.17. The topological polar surface area (TPSA) is 91.8 Å². The molecule has 2 heterocycles. The number of nitrogens with zero attached hydrogens (tertiary/aromatic N) is 1. The SMILES string of the molecule is CC1CCN(C(=O)c2cc(S(C)(=O)=O)cs2)C(C(=O)O)C1. The minimum Gasteiger partial charge on any atom is -0.480 e. The van der Waals surface area contributed by atoms with E-state index in [1.165, 1.54) is 16.3 Å². The van der Waals surface area contributed by atoms with Gasteiger partial charge >= 0.3 is 5.97 Å². The van der Waals surface area contributed by atoms with Crippen LogP contribution in [0.1, 0.15) is 29.4 Å². The van der Waals surface area contributed by atoms with Gasteiger partial charge in [0.15, 0.2) is 9.84 Å². The van der Waals surface area contributed by atoms with Gasteiger partial charge < -0.3 is 10.0 Å². The number of hydrogen-bond acceptors (Lipinski definition) is 5. The zero-order valence-corrected chi connectivity index (χ0v) is 13.4. The average Bonchev–Trinajstić information content (AvgIpc) is 2.87. The number of hydrogen-bond donors (Lipinski definition) is 1. The Hall–Kier alpha value is -1.41. The first-order chi connectivity index (χ1) is 9.70. The molecule has 2 atom stereocenters. The lowest BCUT2D eigenvalue weighted by Crippen LogP contribution is -2.49. The number of carboxylic acid groups (broad SMARTS) is 1. The largest absolute Gasteiger partial charge is 0.480 e. The molecule has 2 unspecified atom stereocenters. The lowest BCUT2D eigenvalue weighted by molar-refractivity contribution is -0.144. The van der Waals surface area contributed by atoms with E-state index in [2.05, 4.69) is 0 Å². The highest BCUT2D eigenvalue weighted by Gasteiger charge is 2.35. The molecule has 116 valence electrons. The molecule has 1 aliphatic rings. The van der Waals surface area contributed by atoms with Crippen LogP contribution in [-0.4, -0.2) is 49.1 Å². The van der Waals surface area contributed by atoms with Crippen LogP contribution in [0.2, 0.25) is 0 Å². The summed E-state index contributed by atoms with van der Waals surface area (Å²) in [6, 6.07) is 0.476. The Bertz CT molecular complexity index is 664. The fourth-order valence-corrected chi connectivity index (χ4v) is 4.36. The molecular weight excluding hydrogens is 314 g/mol. The molecule has 6 nitrogen and oxygen atoms in total. The smallest absolute Gasteiger partial charge is 0.326 e. The fourth-order valence-electron chi connectivity index (χ4n) is 2.39. The van der Waals surface area contributed by atoms with Gasteiger partial charge in [-0.05, 0) is 24.8 Å². The van der Waals surface area contributed by atoms with E-state index in [1.807, 2.05) is 6.92 Å². The number of rotatable bonds is 3. The number of amides is 1. The van der Waals surface area contributed by atoms with E-state index in [0.717, 1.165) is 24.0 Å². The third-order valence-electron chi connectivity index (χ3n) is 3.62. The number of carbonyl (C=O) groups excluding carboxylic acids is 1. The van der Waals surface area contributed by atoms with Crippen molar-refractivity contribution in [2.24, 2.45) is 5.92 Å². The van der Waals surface area contributed by atoms with Crippen molar-refractivity contribution in [3.8, 4) is 0 Å². The molecule has 2 rings (SSSR count). The molecule has 8 heteroatoms. The summed E-state index contributed by atoms with van der Waals surface area (Å²) in [4.78, 5) is 25.4. The first kappa shape index (κ1) is 16.0. The number of piperidine rings is 1. The summed E-state index contributed by atoms with van der Waals surface area (Å²) in [5.41, 5.74) is 0. The molecule has 1 fully saturated rings. The zero-order valence-electron chi connectivity index (χ0n) is 11.8. The summed E-state index contributed by atoms with van der Waals surface area (Å²) in [5, 5.41) is 10.7. The number of thiophene rings is 1. The van der Waals surface area contributed by atoms with Gasteiger partial charge in [-0.15, -0.1) is 11.3 Å². The van der Waals surface area contributed by atoms with Crippen LogP contribution in [0.3, 0.4) is 0 Å². The van der Waals surface area contributed by atoms with Gasteiger partial charge in [-0.3, -0.25) is 4.79 Å². The highest BCUT2D eigenvalue weighted by atomic mass is 32.2. The predicted octanol–water partition coefficient (Wildman–Crippen LogP) is 1.48. The van der Waals surface area contributed by atoms with Gasteiger partial charge in [-0.1, -0.05) is 6.92 Å². The summed E-state index contributed by atoms with van der Waals surface area (Å²) in [6.45, 7) is 2.34. The molecule has 0 aromatic carbocycles. The van der Waals surface area contributed by atoms with E-state index in [0.29, 0.717) is 13.0 Å². The molecule has 1 amide bonds. The lowest BCUT2D eigenvalue weighted by Gasteiger charge is -2.35. The van der Waals surface area contributed by atoms with Crippen LogP contribution in [-0.2, 0) is 14.6 Å². The standard InChI is InChI=1S/C13H17NO5S2/c1-8-3-4-14(10(5-8)13(16)17)12(15)11-6-9(7-20-11)21(2,18)19/h6-8,10H,3-5H2,1-2H3,(H,16,17). The molecule has 1 aromatic heterocycles. The minimum absolute atomic E-state index is 0.0908. The van der Waals surface area contributed by atoms with Crippen LogP contribution < -0.4 is 0 Å². The minimum atomic E-state index is -3.36. The summed E-state index contributed by atoms with van der Waals surface area (Å²) < 4.78 is 22.9. The number of sulfone groups is 1. The molecule has 0 radical (unpaired) electrons. The van der Waals surface area contributed by atoms with Crippen molar-refractivity contribution < 1.29 is 23.1 Å². The van der Waals surface area contributed by atoms with Crippen molar-refractivity contribution in [3.05, 3.63) is 16.3 Å². The lowest BCUT2D eigenvalue weighted by atomic mass is 9.92. The van der Waals surface area contributed by atoms with E-state index < -0.39 is 27.8 Å². The first-order valence-electron chi connectivity index (χ1n) is 6.52. The second-order valence-corrected chi connectivity index (χ2v) is 8.33. The number of carbonyl (C=O) groups is 2. The van der Waals surface area contributed by atoms with Crippen LogP contribution in [0.15, 0.2) is 16.3 Å². The molecule has 1 aliphatic heterocycles. The first-order valence-corrected chi connectivity index (χ1v) is 9.29. The van der Waals surface area contributed by atoms with Crippen LogP contribution in [0.25, 0.3) is 0 Å². The second-order valence-electron chi connectivity index (χ2n) is 5.40. The van der Waals surface area contributed by atoms with Crippen molar-refractivity contribution in [1.29, 1.82) is 0 Å². The van der Waals surface area contributed by atoms with E-state index in [-0.39, 0.29) is 15.7 Å². The molecule has 0 bridgehead atoms. The van der Waals surface area contributed by atoms with Crippen LogP contribution in [0.4, 0.5) is 0 Å². The maximum atomic E-state index is 12.4. The van der Waals surface area contributed by atoms with Gasteiger partial charge in [0.2, 0.25) is 0 Å². The monoisotopic (exact) mass is 331 g/mol. The average molecular weight is 331 g/mol. The molecule has 21 heavy (non-hydrogen) atoms. The highest BCUT2D eigenvalue weighted by Crippen LogP contribution is 2.27. The third-order valence-corrected chi connectivity index (χ3v) is 5.78. The van der Waals surface area contributed by atoms with Crippen LogP contribution in [0, 0.1) is 5.92 Å². The molecule has 0 aliphatic carbocycles. The molecule has 0 spiro atoms. The maximum Gasteiger partial charge on any atom is 0.326 e. The van der Waals surface area contributed by atoms with Crippen molar-refractivity contribution in [2.75, 3.05) is 12.8 Å². The Kier molecular flexibility index (Phi) is 4.38. The van der Waals surface area contributed by atoms with Gasteiger partial charge in [-0.2, -0.15) is 0 Å². The molecule has 1 saturated heterocycles. The summed E-state index contributed by atoms with van der Waals surface area (Å²) in [6.07, 6.45) is 2.25. The Morgan fingerprint density at radius 2 is 2.10 bits per heavy atom. The predicted molar refractivity (Wildman–Crippen MR) is 78.3 cm³/mol. The van der Waals surface area contributed by atoms with Gasteiger partial charge in [0.1, 0.15) is 6.04 Å². The molecule has 1 aromatic rings. The van der Waals surface area contributed by atoms with Crippen molar-refractivity contribution in [1.82, 2.24) is 4.90 Å². The van der Waals surface area contributed by atoms with Gasteiger partial charge in [0.25, 0.3) is 5.91 Å². The van der Waals surface area contributed by atoms with Gasteiger partial charge in [0.05, 0.1) is 9.77 Å². The van der Waals surface area contributed by atoms with E-state index in [1.54, 1.807) is 0 Å². The van der Waals surface area contributed by atoms with Crippen molar-refractivity contribution in [2.45, 2.75) is 30.7 Å². The normalized spacial score (nSPS) is 23.0. The van der Waals surface area contributed by atoms with E-state index in [9.17, 15) is 23.1 Å². The van der Waals surface area contributed by atoms with Crippen molar-refractivity contribution in [3.63, 3.8) is 0 Å². The fraction of sp³-hybridized carbons (Fsp3) is 0.538. The number of likely N-dealkylation sites (tertiary alicyclic amines) is 1. The van der Waals surface area contributed by atoms with E-state index >= 15 is 0 Å². The van der Waals surface area contributed by atoms with Crippen molar-refractivity contribution >= 4 is 33.1 Å². The van der Waals surface area contributed by atoms with Gasteiger partial charge in [0, 0.05) is 18.2 Å². The van der Waals surface area contributed by atoms with E-state index in [4.69, 9.17) is 0 Å². The van der Waals surface area contributed by atoms with Gasteiger partial charge in [-0.25, -0.2) is 13.2 Å². The Morgan fingerprint density at radius 1 is 1.43 bits per heavy atom.